The van der Waals surface area contributed by atoms with Crippen molar-refractivity contribution in [1.82, 2.24) is 0 Å². The van der Waals surface area contributed by atoms with Gasteiger partial charge in [0, 0.05) is 34.8 Å². The van der Waals surface area contributed by atoms with E-state index in [4.69, 9.17) is 15.3 Å². The van der Waals surface area contributed by atoms with Crippen LogP contribution in [-0.2, 0) is 4.74 Å². The number of hydrogen-bond acceptors (Lipinski definition) is 5. The Kier molecular flexibility index (Phi) is 6.59. The molecular formula is C23H19N3OS. The summed E-state index contributed by atoms with van der Waals surface area (Å²) in [6.07, 6.45) is 1.62. The van der Waals surface area contributed by atoms with E-state index in [1.165, 1.54) is 0 Å². The molecule has 0 spiro atoms. The first-order valence-electron chi connectivity index (χ1n) is 8.79. The maximum absolute atomic E-state index is 8.90. The molecule has 0 radical (unpaired) electrons. The van der Waals surface area contributed by atoms with Crippen molar-refractivity contribution in [3.63, 3.8) is 0 Å². The van der Waals surface area contributed by atoms with Gasteiger partial charge in [0.2, 0.25) is 0 Å². The standard InChI is InChI=1S/C23H19N3OS/c1-27-14-13-26(20-5-3-2-4-6-20)21-9-7-19(8-10-21)23-12-11-22(28-23)15-18(16-24)17-25/h2-12,15H,13-14H2,1H3. The van der Waals surface area contributed by atoms with Gasteiger partial charge in [-0.25, -0.2) is 0 Å². The van der Waals surface area contributed by atoms with E-state index in [0.717, 1.165) is 33.2 Å². The number of benzene rings is 2. The Hall–Kier alpha value is -3.38. The van der Waals surface area contributed by atoms with E-state index in [1.54, 1.807) is 24.5 Å². The molecule has 0 bridgehead atoms. The number of hydrogen-bond donors (Lipinski definition) is 0. The summed E-state index contributed by atoms with van der Waals surface area (Å²) >= 11 is 1.56. The molecule has 1 aromatic heterocycles. The molecule has 0 atom stereocenters. The molecular weight excluding hydrogens is 366 g/mol. The lowest BCUT2D eigenvalue weighted by atomic mass is 10.1. The van der Waals surface area contributed by atoms with Gasteiger partial charge in [0.15, 0.2) is 0 Å². The third kappa shape index (κ3) is 4.66. The minimum atomic E-state index is 0.111. The minimum Gasteiger partial charge on any atom is -0.383 e. The molecule has 3 rings (SSSR count). The summed E-state index contributed by atoms with van der Waals surface area (Å²) in [4.78, 5) is 4.21. The van der Waals surface area contributed by atoms with E-state index in [0.29, 0.717) is 6.61 Å². The van der Waals surface area contributed by atoms with E-state index < -0.39 is 0 Å². The van der Waals surface area contributed by atoms with Crippen LogP contribution in [0.4, 0.5) is 11.4 Å². The van der Waals surface area contributed by atoms with Crippen LogP contribution >= 0.6 is 11.3 Å². The van der Waals surface area contributed by atoms with Gasteiger partial charge >= 0.3 is 0 Å². The van der Waals surface area contributed by atoms with Gasteiger partial charge in [-0.15, -0.1) is 11.3 Å². The lowest BCUT2D eigenvalue weighted by molar-refractivity contribution is 0.207. The first-order valence-corrected chi connectivity index (χ1v) is 9.60. The van der Waals surface area contributed by atoms with Gasteiger partial charge in [0.25, 0.3) is 0 Å². The summed E-state index contributed by atoms with van der Waals surface area (Å²) in [5, 5.41) is 17.8. The second-order valence-corrected chi connectivity index (χ2v) is 7.13. The van der Waals surface area contributed by atoms with Crippen LogP contribution in [0.2, 0.25) is 0 Å². The average molecular weight is 385 g/mol. The molecule has 0 saturated heterocycles. The van der Waals surface area contributed by atoms with Gasteiger partial charge in [-0.2, -0.15) is 10.5 Å². The molecule has 0 N–H and O–H groups in total. The van der Waals surface area contributed by atoms with Crippen molar-refractivity contribution in [2.24, 2.45) is 0 Å². The first kappa shape index (κ1) is 19.4. The number of methoxy groups -OCH3 is 1. The fourth-order valence-corrected chi connectivity index (χ4v) is 3.78. The number of nitriles is 2. The molecule has 3 aromatic rings. The zero-order valence-corrected chi connectivity index (χ0v) is 16.3. The lowest BCUT2D eigenvalue weighted by Crippen LogP contribution is -2.21. The summed E-state index contributed by atoms with van der Waals surface area (Å²) in [7, 11) is 1.71. The zero-order valence-electron chi connectivity index (χ0n) is 15.5. The molecule has 5 heteroatoms. The fraction of sp³-hybridized carbons (Fsp3) is 0.130. The van der Waals surface area contributed by atoms with E-state index >= 15 is 0 Å². The Morgan fingerprint density at radius 3 is 2.29 bits per heavy atom. The Balaban J connectivity index is 1.84. The highest BCUT2D eigenvalue weighted by molar-refractivity contribution is 7.16. The summed E-state index contributed by atoms with van der Waals surface area (Å²) in [6, 6.07) is 26.3. The maximum Gasteiger partial charge on any atom is 0.131 e. The molecule has 0 saturated carbocycles. The second-order valence-electron chi connectivity index (χ2n) is 6.01. The molecule has 0 fully saturated rings. The number of anilines is 2. The number of rotatable bonds is 7. The number of thiophene rings is 1. The molecule has 4 nitrogen and oxygen atoms in total. The van der Waals surface area contributed by atoms with Crippen molar-refractivity contribution in [3.8, 4) is 22.6 Å². The van der Waals surface area contributed by atoms with Crippen molar-refractivity contribution in [3.05, 3.63) is 77.2 Å². The van der Waals surface area contributed by atoms with E-state index in [2.05, 4.69) is 41.3 Å². The number of nitrogens with zero attached hydrogens (tertiary/aromatic N) is 3. The van der Waals surface area contributed by atoms with Crippen molar-refractivity contribution in [2.45, 2.75) is 0 Å². The topological polar surface area (TPSA) is 60.0 Å². The van der Waals surface area contributed by atoms with Crippen LogP contribution in [0.15, 0.2) is 72.3 Å². The SMILES string of the molecule is COCCN(c1ccccc1)c1ccc(-c2ccc(C=C(C#N)C#N)s2)cc1. The average Bonchev–Trinajstić information content (AvgIpc) is 3.22. The fourth-order valence-electron chi connectivity index (χ4n) is 2.82. The van der Waals surface area contributed by atoms with Crippen LogP contribution in [0.25, 0.3) is 16.5 Å². The molecule has 0 aliphatic heterocycles. The highest BCUT2D eigenvalue weighted by atomic mass is 32.1. The highest BCUT2D eigenvalue weighted by Gasteiger charge is 2.10. The molecule has 138 valence electrons. The lowest BCUT2D eigenvalue weighted by Gasteiger charge is -2.25. The predicted molar refractivity (Wildman–Crippen MR) is 114 cm³/mol. The molecule has 1 heterocycles. The maximum atomic E-state index is 8.90. The quantitative estimate of drug-likeness (QED) is 0.495. The van der Waals surface area contributed by atoms with Crippen LogP contribution in [0.5, 0.6) is 0 Å². The molecule has 28 heavy (non-hydrogen) atoms. The second kappa shape index (κ2) is 9.53. The molecule has 0 aliphatic carbocycles. The number of ether oxygens (including phenoxy) is 1. The third-order valence-corrected chi connectivity index (χ3v) is 5.29. The van der Waals surface area contributed by atoms with Crippen LogP contribution in [-0.4, -0.2) is 20.3 Å². The Bertz CT molecular complexity index is 1010. The molecule has 2 aromatic carbocycles. The summed E-state index contributed by atoms with van der Waals surface area (Å²) < 4.78 is 5.27. The highest BCUT2D eigenvalue weighted by Crippen LogP contribution is 2.32. The monoisotopic (exact) mass is 385 g/mol. The third-order valence-electron chi connectivity index (χ3n) is 4.20. The summed E-state index contributed by atoms with van der Waals surface area (Å²) in [6.45, 7) is 1.40. The van der Waals surface area contributed by atoms with Crippen LogP contribution in [0, 0.1) is 22.7 Å². The van der Waals surface area contributed by atoms with Crippen molar-refractivity contribution in [2.75, 3.05) is 25.2 Å². The van der Waals surface area contributed by atoms with Crippen molar-refractivity contribution < 1.29 is 4.74 Å². The van der Waals surface area contributed by atoms with Crippen LogP contribution in [0.1, 0.15) is 4.88 Å². The Morgan fingerprint density at radius 1 is 0.964 bits per heavy atom. The van der Waals surface area contributed by atoms with Gasteiger partial charge < -0.3 is 9.64 Å². The molecule has 0 aliphatic rings. The van der Waals surface area contributed by atoms with Gasteiger partial charge in [0.1, 0.15) is 17.7 Å². The summed E-state index contributed by atoms with van der Waals surface area (Å²) in [5.74, 6) is 0. The number of allylic oxidation sites excluding steroid dienone is 1. The summed E-state index contributed by atoms with van der Waals surface area (Å²) in [5.41, 5.74) is 3.43. The van der Waals surface area contributed by atoms with Crippen LogP contribution in [0.3, 0.4) is 0 Å². The van der Waals surface area contributed by atoms with Crippen LogP contribution < -0.4 is 4.90 Å². The first-order chi connectivity index (χ1) is 13.7. The molecule has 0 unspecified atom stereocenters. The minimum absolute atomic E-state index is 0.111. The number of para-hydroxylation sites is 1. The predicted octanol–water partition coefficient (Wildman–Crippen LogP) is 5.63. The van der Waals surface area contributed by atoms with Gasteiger partial charge in [-0.05, 0) is 48.0 Å². The Morgan fingerprint density at radius 2 is 1.64 bits per heavy atom. The molecule has 0 amide bonds. The van der Waals surface area contributed by atoms with Crippen molar-refractivity contribution in [1.29, 1.82) is 10.5 Å². The van der Waals surface area contributed by atoms with Gasteiger partial charge in [-0.3, -0.25) is 0 Å². The zero-order chi connectivity index (χ0) is 19.8. The van der Waals surface area contributed by atoms with E-state index in [9.17, 15) is 0 Å². The normalized spacial score (nSPS) is 9.96. The van der Waals surface area contributed by atoms with E-state index in [1.807, 2.05) is 42.5 Å². The Labute approximate surface area is 169 Å². The van der Waals surface area contributed by atoms with Crippen molar-refractivity contribution >= 4 is 28.8 Å². The van der Waals surface area contributed by atoms with Gasteiger partial charge in [0.05, 0.1) is 6.61 Å². The smallest absolute Gasteiger partial charge is 0.131 e. The largest absolute Gasteiger partial charge is 0.383 e. The van der Waals surface area contributed by atoms with Gasteiger partial charge in [-0.1, -0.05) is 30.3 Å². The van der Waals surface area contributed by atoms with E-state index in [-0.39, 0.29) is 5.57 Å².